The number of nitrogens with zero attached hydrogens (tertiary/aromatic N) is 2. The molecule has 0 atom stereocenters. The number of benzene rings is 1. The van der Waals surface area contributed by atoms with Gasteiger partial charge < -0.3 is 4.90 Å². The monoisotopic (exact) mass is 291 g/mol. The maximum Gasteiger partial charge on any atom is 0.204 e. The van der Waals surface area contributed by atoms with Crippen LogP contribution in [0.15, 0.2) is 73.0 Å². The highest BCUT2D eigenvalue weighted by Gasteiger charge is 1.96. The highest BCUT2D eigenvalue weighted by molar-refractivity contribution is 5.56. The van der Waals surface area contributed by atoms with Gasteiger partial charge in [0, 0.05) is 38.0 Å². The summed E-state index contributed by atoms with van der Waals surface area (Å²) in [6.45, 7) is 0. The van der Waals surface area contributed by atoms with Crippen LogP contribution in [0.5, 0.6) is 0 Å². The molecule has 0 aliphatic carbocycles. The third kappa shape index (κ3) is 4.74. The Kier molecular flexibility index (Phi) is 5.73. The average molecular weight is 291 g/mol. The molecule has 0 bridgehead atoms. The van der Waals surface area contributed by atoms with Gasteiger partial charge in [-0.2, -0.15) is 0 Å². The summed E-state index contributed by atoms with van der Waals surface area (Å²) in [5, 5.41) is 0. The summed E-state index contributed by atoms with van der Waals surface area (Å²) in [5.41, 5.74) is 3.59. The lowest BCUT2D eigenvalue weighted by molar-refractivity contribution is -0.673. The van der Waals surface area contributed by atoms with Crippen molar-refractivity contribution in [2.24, 2.45) is 7.05 Å². The molecule has 2 nitrogen and oxygen atoms in total. The average Bonchev–Trinajstić information content (AvgIpc) is 2.53. The number of pyridine rings is 1. The number of anilines is 1. The third-order valence-corrected chi connectivity index (χ3v) is 3.39. The quantitative estimate of drug-likeness (QED) is 0.599. The second-order valence-electron chi connectivity index (χ2n) is 5.33. The van der Waals surface area contributed by atoms with E-state index in [-0.39, 0.29) is 0 Å². The molecular formula is C20H23N2+. The van der Waals surface area contributed by atoms with E-state index in [4.69, 9.17) is 0 Å². The van der Waals surface area contributed by atoms with Gasteiger partial charge in [0.1, 0.15) is 7.05 Å². The Morgan fingerprint density at radius 3 is 2.14 bits per heavy atom. The number of hydrogen-bond donors (Lipinski definition) is 0. The molecule has 1 aromatic heterocycles. The molecule has 0 N–H and O–H groups in total. The predicted molar refractivity (Wildman–Crippen MR) is 95.6 cm³/mol. The topological polar surface area (TPSA) is 7.12 Å². The summed E-state index contributed by atoms with van der Waals surface area (Å²) in [5.74, 6) is 0. The first kappa shape index (κ1) is 15.8. The Balaban J connectivity index is 1.90. The van der Waals surface area contributed by atoms with E-state index in [1.807, 2.05) is 51.6 Å². The molecule has 22 heavy (non-hydrogen) atoms. The van der Waals surface area contributed by atoms with Crippen LogP contribution in [-0.2, 0) is 7.05 Å². The molecule has 2 rings (SSSR count). The molecule has 0 spiro atoms. The molecule has 1 aromatic carbocycles. The smallest absolute Gasteiger partial charge is 0.204 e. The van der Waals surface area contributed by atoms with E-state index in [2.05, 4.69) is 64.1 Å². The van der Waals surface area contributed by atoms with E-state index in [0.29, 0.717) is 0 Å². The number of allylic oxidation sites excluding steroid dienone is 4. The molecule has 0 radical (unpaired) electrons. The fraction of sp³-hybridized carbons (Fsp3) is 0.150. The van der Waals surface area contributed by atoms with Crippen molar-refractivity contribution >= 4 is 17.8 Å². The Hall–Kier alpha value is -2.61. The Morgan fingerprint density at radius 2 is 1.50 bits per heavy atom. The molecule has 0 saturated heterocycles. The first-order chi connectivity index (χ1) is 10.7. The molecule has 0 unspecified atom stereocenters. The van der Waals surface area contributed by atoms with Crippen LogP contribution in [0.25, 0.3) is 12.2 Å². The fourth-order valence-corrected chi connectivity index (χ4v) is 2.04. The molecule has 0 amide bonds. The number of aryl methyl sites for hydroxylation is 1. The van der Waals surface area contributed by atoms with Crippen LogP contribution in [0.2, 0.25) is 0 Å². The summed E-state index contributed by atoms with van der Waals surface area (Å²) in [4.78, 5) is 2.10. The van der Waals surface area contributed by atoms with Gasteiger partial charge in [0.15, 0.2) is 6.20 Å². The van der Waals surface area contributed by atoms with Crippen LogP contribution >= 0.6 is 0 Å². The highest BCUT2D eigenvalue weighted by Crippen LogP contribution is 2.13. The number of aromatic nitrogens is 1. The van der Waals surface area contributed by atoms with Gasteiger partial charge in [-0.1, -0.05) is 42.5 Å². The van der Waals surface area contributed by atoms with Gasteiger partial charge in [-0.25, -0.2) is 4.57 Å². The van der Waals surface area contributed by atoms with Crippen molar-refractivity contribution < 1.29 is 4.57 Å². The predicted octanol–water partition coefficient (Wildman–Crippen LogP) is 3.86. The van der Waals surface area contributed by atoms with Crippen LogP contribution in [0.1, 0.15) is 11.3 Å². The van der Waals surface area contributed by atoms with Crippen molar-refractivity contribution in [3.05, 3.63) is 84.2 Å². The first-order valence-electron chi connectivity index (χ1n) is 7.40. The minimum Gasteiger partial charge on any atom is -0.378 e. The molecule has 2 aromatic rings. The molecule has 0 aliphatic heterocycles. The summed E-state index contributed by atoms with van der Waals surface area (Å²) in [7, 11) is 6.14. The van der Waals surface area contributed by atoms with E-state index in [0.717, 1.165) is 0 Å². The lowest BCUT2D eigenvalue weighted by Gasteiger charge is -2.11. The SMILES string of the molecule is CN(C)c1ccc(/C=C/C=C/C=C/c2cccc[n+]2C)cc1. The third-order valence-electron chi connectivity index (χ3n) is 3.39. The van der Waals surface area contributed by atoms with Crippen LogP contribution in [-0.4, -0.2) is 14.1 Å². The second kappa shape index (κ2) is 7.99. The molecular weight excluding hydrogens is 268 g/mol. The number of rotatable bonds is 5. The molecule has 0 aliphatic rings. The van der Waals surface area contributed by atoms with Crippen LogP contribution < -0.4 is 9.47 Å². The summed E-state index contributed by atoms with van der Waals surface area (Å²) in [6, 6.07) is 14.7. The van der Waals surface area contributed by atoms with Crippen molar-refractivity contribution in [3.63, 3.8) is 0 Å². The van der Waals surface area contributed by atoms with Crippen LogP contribution in [0.4, 0.5) is 5.69 Å². The Bertz CT molecular complexity index is 677. The van der Waals surface area contributed by atoms with E-state index in [1.165, 1.54) is 16.9 Å². The maximum absolute atomic E-state index is 2.12. The molecule has 0 fully saturated rings. The van der Waals surface area contributed by atoms with Crippen LogP contribution in [0.3, 0.4) is 0 Å². The lowest BCUT2D eigenvalue weighted by Crippen LogP contribution is -2.30. The van der Waals surface area contributed by atoms with Crippen molar-refractivity contribution in [2.75, 3.05) is 19.0 Å². The minimum absolute atomic E-state index is 1.18. The van der Waals surface area contributed by atoms with Gasteiger partial charge in [-0.05, 0) is 23.8 Å². The minimum atomic E-state index is 1.18. The van der Waals surface area contributed by atoms with Gasteiger partial charge in [0.25, 0.3) is 0 Å². The van der Waals surface area contributed by atoms with E-state index < -0.39 is 0 Å². The van der Waals surface area contributed by atoms with E-state index in [9.17, 15) is 0 Å². The normalized spacial score (nSPS) is 11.8. The summed E-state index contributed by atoms with van der Waals surface area (Å²) < 4.78 is 2.09. The van der Waals surface area contributed by atoms with Gasteiger partial charge in [0.2, 0.25) is 5.69 Å². The molecule has 2 heteroatoms. The molecule has 0 saturated carbocycles. The second-order valence-corrected chi connectivity index (χ2v) is 5.33. The lowest BCUT2D eigenvalue weighted by atomic mass is 10.2. The Morgan fingerprint density at radius 1 is 0.818 bits per heavy atom. The zero-order chi connectivity index (χ0) is 15.8. The van der Waals surface area contributed by atoms with Gasteiger partial charge in [-0.15, -0.1) is 0 Å². The van der Waals surface area contributed by atoms with Crippen LogP contribution in [0, 0.1) is 0 Å². The summed E-state index contributed by atoms with van der Waals surface area (Å²) in [6.07, 6.45) is 14.4. The number of hydrogen-bond acceptors (Lipinski definition) is 1. The summed E-state index contributed by atoms with van der Waals surface area (Å²) >= 11 is 0. The standard InChI is InChI=1S/C20H23N2/c1-21(2)19-15-13-18(14-16-19)10-6-4-5-7-11-20-12-8-9-17-22(20)3/h4-17H,1-3H3/q+1. The van der Waals surface area contributed by atoms with Crippen molar-refractivity contribution in [1.29, 1.82) is 0 Å². The van der Waals surface area contributed by atoms with Crippen molar-refractivity contribution in [1.82, 2.24) is 0 Å². The fourth-order valence-electron chi connectivity index (χ4n) is 2.04. The van der Waals surface area contributed by atoms with Gasteiger partial charge >= 0.3 is 0 Å². The van der Waals surface area contributed by atoms with Crippen molar-refractivity contribution in [2.45, 2.75) is 0 Å². The van der Waals surface area contributed by atoms with E-state index in [1.54, 1.807) is 0 Å². The first-order valence-corrected chi connectivity index (χ1v) is 7.40. The zero-order valence-corrected chi connectivity index (χ0v) is 13.5. The molecule has 112 valence electrons. The van der Waals surface area contributed by atoms with E-state index >= 15 is 0 Å². The Labute approximate surface area is 133 Å². The highest BCUT2D eigenvalue weighted by atomic mass is 15.1. The molecule has 1 heterocycles. The maximum atomic E-state index is 2.12. The van der Waals surface area contributed by atoms with Gasteiger partial charge in [-0.3, -0.25) is 0 Å². The zero-order valence-electron chi connectivity index (χ0n) is 13.5. The van der Waals surface area contributed by atoms with Crippen molar-refractivity contribution in [3.8, 4) is 0 Å². The largest absolute Gasteiger partial charge is 0.378 e. The van der Waals surface area contributed by atoms with Gasteiger partial charge in [0.05, 0.1) is 0 Å².